The number of benzene rings is 1. The van der Waals surface area contributed by atoms with Crippen LogP contribution in [-0.2, 0) is 0 Å². The van der Waals surface area contributed by atoms with Crippen molar-refractivity contribution < 1.29 is 18.5 Å². The van der Waals surface area contributed by atoms with Gasteiger partial charge in [-0.15, -0.1) is 11.3 Å². The summed E-state index contributed by atoms with van der Waals surface area (Å²) in [5, 5.41) is 6.57. The van der Waals surface area contributed by atoms with Gasteiger partial charge in [0.1, 0.15) is 5.56 Å². The Morgan fingerprint density at radius 1 is 1.28 bits per heavy atom. The number of para-hydroxylation sites is 1. The van der Waals surface area contributed by atoms with E-state index in [2.05, 4.69) is 10.1 Å². The maximum absolute atomic E-state index is 12.8. The maximum atomic E-state index is 12.8. The fourth-order valence-corrected chi connectivity index (χ4v) is 3.95. The largest absolute Gasteiger partial charge is 0.493 e. The fourth-order valence-electron chi connectivity index (χ4n) is 3.31. The molecule has 5 rings (SSSR count). The molecule has 0 saturated carbocycles. The Labute approximate surface area is 168 Å². The number of aromatic nitrogens is 2. The molecule has 1 aliphatic heterocycles. The Bertz CT molecular complexity index is 1250. The number of nitrogens with zero attached hydrogens (tertiary/aromatic N) is 3. The van der Waals surface area contributed by atoms with E-state index in [-0.39, 0.29) is 17.4 Å². The SMILES string of the molecule is COc1cccc2cc(C(=O)N3CC(c4nc(-c5cccs5)no4)C3)c(=O)oc12. The van der Waals surface area contributed by atoms with Gasteiger partial charge in [-0.3, -0.25) is 4.79 Å². The van der Waals surface area contributed by atoms with Gasteiger partial charge in [-0.05, 0) is 23.6 Å². The fraction of sp³-hybridized carbons (Fsp3) is 0.200. The van der Waals surface area contributed by atoms with Crippen molar-refractivity contribution in [3.05, 3.63) is 63.7 Å². The van der Waals surface area contributed by atoms with Crippen molar-refractivity contribution in [3.63, 3.8) is 0 Å². The van der Waals surface area contributed by atoms with Crippen LogP contribution in [0.1, 0.15) is 22.2 Å². The van der Waals surface area contributed by atoms with E-state index in [1.54, 1.807) is 29.2 Å². The number of hydrogen-bond acceptors (Lipinski definition) is 8. The molecule has 8 nitrogen and oxygen atoms in total. The number of fused-ring (bicyclic) bond motifs is 1. The summed E-state index contributed by atoms with van der Waals surface area (Å²) >= 11 is 1.53. The molecular weight excluding hydrogens is 394 g/mol. The summed E-state index contributed by atoms with van der Waals surface area (Å²) in [6, 6.07) is 10.6. The van der Waals surface area contributed by atoms with Gasteiger partial charge >= 0.3 is 5.63 Å². The number of amides is 1. The summed E-state index contributed by atoms with van der Waals surface area (Å²) in [6.45, 7) is 0.807. The highest BCUT2D eigenvalue weighted by molar-refractivity contribution is 7.13. The minimum Gasteiger partial charge on any atom is -0.493 e. The molecule has 0 unspecified atom stereocenters. The van der Waals surface area contributed by atoms with E-state index in [1.165, 1.54) is 18.4 Å². The van der Waals surface area contributed by atoms with Crippen molar-refractivity contribution >= 4 is 28.2 Å². The van der Waals surface area contributed by atoms with Crippen molar-refractivity contribution in [2.45, 2.75) is 5.92 Å². The highest BCUT2D eigenvalue weighted by Crippen LogP contribution is 2.30. The van der Waals surface area contributed by atoms with Crippen LogP contribution in [0.25, 0.3) is 21.7 Å². The zero-order valence-corrected chi connectivity index (χ0v) is 16.1. The summed E-state index contributed by atoms with van der Waals surface area (Å²) in [6.07, 6.45) is 0. The standard InChI is InChI=1S/C20H15N3O5S/c1-26-14-5-2-4-11-8-13(20(25)27-16(11)14)19(24)23-9-12(10-23)18-21-17(22-28-18)15-6-3-7-29-15/h2-8,12H,9-10H2,1H3. The second-order valence-electron chi connectivity index (χ2n) is 6.67. The molecule has 9 heteroatoms. The number of methoxy groups -OCH3 is 1. The van der Waals surface area contributed by atoms with Crippen LogP contribution < -0.4 is 10.4 Å². The van der Waals surface area contributed by atoms with Gasteiger partial charge in [0, 0.05) is 18.5 Å². The van der Waals surface area contributed by atoms with Gasteiger partial charge < -0.3 is 18.6 Å². The first-order valence-corrected chi connectivity index (χ1v) is 9.79. The molecule has 4 heterocycles. The Kier molecular flexibility index (Phi) is 4.17. The normalized spacial score (nSPS) is 14.2. The van der Waals surface area contributed by atoms with Crippen LogP contribution in [0.3, 0.4) is 0 Å². The minimum atomic E-state index is -0.687. The van der Waals surface area contributed by atoms with Gasteiger partial charge in [0.05, 0.1) is 17.9 Å². The number of hydrogen-bond donors (Lipinski definition) is 0. The molecular formula is C20H15N3O5S. The molecule has 0 bridgehead atoms. The summed E-state index contributed by atoms with van der Waals surface area (Å²) in [5.74, 6) is 1.06. The predicted octanol–water partition coefficient (Wildman–Crippen LogP) is 3.15. The lowest BCUT2D eigenvalue weighted by molar-refractivity contribution is 0.0565. The quantitative estimate of drug-likeness (QED) is 0.478. The Morgan fingerprint density at radius 3 is 2.90 bits per heavy atom. The molecule has 0 atom stereocenters. The van der Waals surface area contributed by atoms with E-state index in [9.17, 15) is 9.59 Å². The number of carbonyl (C=O) groups excluding carboxylic acids is 1. The molecule has 1 aromatic carbocycles. The average molecular weight is 409 g/mol. The van der Waals surface area contributed by atoms with Gasteiger partial charge in [-0.1, -0.05) is 23.4 Å². The van der Waals surface area contributed by atoms with Crippen molar-refractivity contribution in [1.82, 2.24) is 15.0 Å². The van der Waals surface area contributed by atoms with Crippen LogP contribution in [-0.4, -0.2) is 41.1 Å². The molecule has 1 aliphatic rings. The first-order chi connectivity index (χ1) is 14.1. The van der Waals surface area contributed by atoms with Gasteiger partial charge in [0.15, 0.2) is 11.3 Å². The summed E-state index contributed by atoms with van der Waals surface area (Å²) in [7, 11) is 1.50. The number of ether oxygens (including phenoxy) is 1. The minimum absolute atomic E-state index is 0.00555. The second kappa shape index (κ2) is 6.85. The molecule has 0 radical (unpaired) electrons. The Hall–Kier alpha value is -3.46. The third kappa shape index (κ3) is 2.99. The van der Waals surface area contributed by atoms with E-state index < -0.39 is 5.63 Å². The first kappa shape index (κ1) is 17.6. The van der Waals surface area contributed by atoms with Crippen molar-refractivity contribution in [2.75, 3.05) is 20.2 Å². The van der Waals surface area contributed by atoms with Crippen LogP contribution >= 0.6 is 11.3 Å². The van der Waals surface area contributed by atoms with Crippen molar-refractivity contribution in [1.29, 1.82) is 0 Å². The summed E-state index contributed by atoms with van der Waals surface area (Å²) in [5.41, 5.74) is -0.368. The van der Waals surface area contributed by atoms with Crippen LogP contribution in [0.4, 0.5) is 0 Å². The monoisotopic (exact) mass is 409 g/mol. The smallest absolute Gasteiger partial charge is 0.349 e. The molecule has 4 aromatic rings. The Balaban J connectivity index is 1.34. The second-order valence-corrected chi connectivity index (χ2v) is 7.61. The van der Waals surface area contributed by atoms with Crippen LogP contribution in [0.15, 0.2) is 55.5 Å². The maximum Gasteiger partial charge on any atom is 0.349 e. The van der Waals surface area contributed by atoms with Crippen molar-refractivity contribution in [2.24, 2.45) is 0 Å². The number of thiophene rings is 1. The van der Waals surface area contributed by atoms with E-state index in [1.807, 2.05) is 17.5 Å². The zero-order valence-electron chi connectivity index (χ0n) is 15.3. The molecule has 3 aromatic heterocycles. The van der Waals surface area contributed by atoms with Crippen LogP contribution in [0.5, 0.6) is 5.75 Å². The van der Waals surface area contributed by atoms with Crippen LogP contribution in [0, 0.1) is 0 Å². The summed E-state index contributed by atoms with van der Waals surface area (Å²) < 4.78 is 15.9. The lowest BCUT2D eigenvalue weighted by atomic mass is 9.99. The number of likely N-dealkylation sites (tertiary alicyclic amines) is 1. The molecule has 29 heavy (non-hydrogen) atoms. The molecule has 0 spiro atoms. The Morgan fingerprint density at radius 2 is 2.14 bits per heavy atom. The topological polar surface area (TPSA) is 98.7 Å². The third-order valence-electron chi connectivity index (χ3n) is 4.88. The van der Waals surface area contributed by atoms with E-state index >= 15 is 0 Å². The predicted molar refractivity (Wildman–Crippen MR) is 105 cm³/mol. The van der Waals surface area contributed by atoms with Gasteiger partial charge in [0.2, 0.25) is 11.7 Å². The average Bonchev–Trinajstić information content (AvgIpc) is 3.37. The zero-order chi connectivity index (χ0) is 20.0. The highest BCUT2D eigenvalue weighted by Gasteiger charge is 2.37. The van der Waals surface area contributed by atoms with Gasteiger partial charge in [-0.2, -0.15) is 4.98 Å². The molecule has 1 fully saturated rings. The molecule has 146 valence electrons. The first-order valence-electron chi connectivity index (χ1n) is 8.91. The van der Waals surface area contributed by atoms with Gasteiger partial charge in [0.25, 0.3) is 5.91 Å². The van der Waals surface area contributed by atoms with Crippen molar-refractivity contribution in [3.8, 4) is 16.5 Å². The van der Waals surface area contributed by atoms with Gasteiger partial charge in [-0.25, -0.2) is 4.79 Å². The molecule has 1 saturated heterocycles. The summed E-state index contributed by atoms with van der Waals surface area (Å²) in [4.78, 5) is 32.1. The molecule has 1 amide bonds. The number of rotatable bonds is 4. The molecule has 0 N–H and O–H groups in total. The number of carbonyl (C=O) groups is 1. The van der Waals surface area contributed by atoms with E-state index in [0.29, 0.717) is 41.5 Å². The third-order valence-corrected chi connectivity index (χ3v) is 5.74. The highest BCUT2D eigenvalue weighted by atomic mass is 32.1. The lowest BCUT2D eigenvalue weighted by Gasteiger charge is -2.36. The van der Waals surface area contributed by atoms with Crippen LogP contribution in [0.2, 0.25) is 0 Å². The van der Waals surface area contributed by atoms with E-state index in [0.717, 1.165) is 4.88 Å². The van der Waals surface area contributed by atoms with E-state index in [4.69, 9.17) is 13.7 Å². The lowest BCUT2D eigenvalue weighted by Crippen LogP contribution is -2.49. The molecule has 0 aliphatic carbocycles.